The summed E-state index contributed by atoms with van der Waals surface area (Å²) in [6.07, 6.45) is 2.81. The number of hydrogen-bond donors (Lipinski definition) is 0. The van der Waals surface area contributed by atoms with Crippen LogP contribution in [0.25, 0.3) is 0 Å². The molecule has 114 valence electrons. The molecule has 1 aliphatic heterocycles. The third kappa shape index (κ3) is 6.08. The molecule has 0 spiro atoms. The first-order valence-electron chi connectivity index (χ1n) is 8.17. The molecule has 0 aromatic heterocycles. The van der Waals surface area contributed by atoms with Crippen LogP contribution in [0.2, 0.25) is 18.1 Å². The number of nitrogens with zero attached hydrogens (tertiary/aromatic N) is 1. The Bertz CT molecular complexity index is 235. The van der Waals surface area contributed by atoms with E-state index in [0.717, 1.165) is 13.2 Å². The highest BCUT2D eigenvalue weighted by Crippen LogP contribution is 2.19. The van der Waals surface area contributed by atoms with Gasteiger partial charge < -0.3 is 14.0 Å². The Morgan fingerprint density at radius 1 is 1.21 bits per heavy atom. The van der Waals surface area contributed by atoms with Crippen molar-refractivity contribution in [2.45, 2.75) is 64.1 Å². The standard InChI is InChI=1S/C14H33NO2Si2/c1-5-16-14(4,17-6-2)18-12-8-10-15-11-9-13-19(15)7-3/h19H,5-13,18H2,1-4H3. The van der Waals surface area contributed by atoms with E-state index < -0.39 is 8.96 Å². The average Bonchev–Trinajstić information content (AvgIpc) is 2.83. The molecule has 0 aliphatic carbocycles. The van der Waals surface area contributed by atoms with Gasteiger partial charge in [0.05, 0.1) is 9.52 Å². The van der Waals surface area contributed by atoms with Crippen molar-refractivity contribution >= 4 is 18.5 Å². The first-order valence-corrected chi connectivity index (χ1v) is 12.0. The number of ether oxygens (including phenoxy) is 2. The van der Waals surface area contributed by atoms with Gasteiger partial charge in [-0.15, -0.1) is 0 Å². The lowest BCUT2D eigenvalue weighted by Crippen LogP contribution is -2.40. The van der Waals surface area contributed by atoms with Crippen LogP contribution in [0.1, 0.15) is 40.5 Å². The summed E-state index contributed by atoms with van der Waals surface area (Å²) in [5.74, 6) is 0. The Balaban J connectivity index is 2.21. The minimum atomic E-state index is -0.500. The van der Waals surface area contributed by atoms with E-state index in [0.29, 0.717) is 0 Å². The lowest BCUT2D eigenvalue weighted by atomic mass is 10.4. The summed E-state index contributed by atoms with van der Waals surface area (Å²) in [6, 6.07) is 4.34. The molecule has 0 aromatic carbocycles. The van der Waals surface area contributed by atoms with Gasteiger partial charge in [-0.1, -0.05) is 13.0 Å². The van der Waals surface area contributed by atoms with Gasteiger partial charge in [0.1, 0.15) is 14.4 Å². The number of hydrogen-bond acceptors (Lipinski definition) is 3. The van der Waals surface area contributed by atoms with E-state index in [1.807, 2.05) is 0 Å². The third-order valence-corrected chi connectivity index (χ3v) is 9.93. The Morgan fingerprint density at radius 3 is 2.47 bits per heavy atom. The maximum Gasteiger partial charge on any atom is 0.142 e. The van der Waals surface area contributed by atoms with Crippen LogP contribution in [0.3, 0.4) is 0 Å². The van der Waals surface area contributed by atoms with Crippen LogP contribution < -0.4 is 0 Å². The predicted molar refractivity (Wildman–Crippen MR) is 88.3 cm³/mol. The topological polar surface area (TPSA) is 21.7 Å². The SMILES string of the molecule is CCOC(C)(OCC)[SiH2]CCCN1CCC[SiH]1CC. The van der Waals surface area contributed by atoms with E-state index in [2.05, 4.69) is 32.3 Å². The fourth-order valence-electron chi connectivity index (χ4n) is 3.21. The van der Waals surface area contributed by atoms with Crippen LogP contribution in [0.5, 0.6) is 0 Å². The van der Waals surface area contributed by atoms with Crippen LogP contribution >= 0.6 is 0 Å². The van der Waals surface area contributed by atoms with Gasteiger partial charge in [-0.3, -0.25) is 0 Å². The zero-order valence-corrected chi connectivity index (χ0v) is 16.0. The molecular formula is C14H33NO2Si2. The largest absolute Gasteiger partial charge is 0.355 e. The molecule has 1 saturated heterocycles. The fraction of sp³-hybridized carbons (Fsp3) is 1.00. The monoisotopic (exact) mass is 303 g/mol. The zero-order valence-electron chi connectivity index (χ0n) is 13.4. The molecule has 1 aliphatic rings. The van der Waals surface area contributed by atoms with Gasteiger partial charge in [0, 0.05) is 13.2 Å². The first-order chi connectivity index (χ1) is 9.15. The van der Waals surface area contributed by atoms with Gasteiger partial charge in [0.25, 0.3) is 0 Å². The van der Waals surface area contributed by atoms with Gasteiger partial charge in [0.2, 0.25) is 0 Å². The van der Waals surface area contributed by atoms with Crippen molar-refractivity contribution in [2.24, 2.45) is 0 Å². The molecule has 0 aromatic rings. The van der Waals surface area contributed by atoms with Gasteiger partial charge in [-0.05, 0) is 58.8 Å². The molecule has 0 N–H and O–H groups in total. The Labute approximate surface area is 123 Å². The zero-order chi connectivity index (χ0) is 14.1. The molecular weight excluding hydrogens is 270 g/mol. The molecule has 3 nitrogen and oxygen atoms in total. The Hall–Kier alpha value is 0.314. The highest BCUT2D eigenvalue weighted by Gasteiger charge is 2.26. The fourth-order valence-corrected chi connectivity index (χ4v) is 8.06. The van der Waals surface area contributed by atoms with E-state index >= 15 is 0 Å². The molecule has 1 atom stereocenters. The first kappa shape index (κ1) is 17.4. The lowest BCUT2D eigenvalue weighted by Gasteiger charge is -2.29. The predicted octanol–water partition coefficient (Wildman–Crippen LogP) is 2.16. The highest BCUT2D eigenvalue weighted by molar-refractivity contribution is 6.56. The van der Waals surface area contributed by atoms with E-state index in [1.165, 1.54) is 38.0 Å². The molecule has 1 fully saturated rings. The summed E-state index contributed by atoms with van der Waals surface area (Å²) < 4.78 is 14.5. The maximum atomic E-state index is 5.82. The van der Waals surface area contributed by atoms with Crippen LogP contribution in [-0.4, -0.2) is 54.8 Å². The molecule has 0 radical (unpaired) electrons. The van der Waals surface area contributed by atoms with Crippen molar-refractivity contribution in [3.05, 3.63) is 0 Å². The molecule has 1 heterocycles. The van der Waals surface area contributed by atoms with Crippen molar-refractivity contribution < 1.29 is 9.47 Å². The van der Waals surface area contributed by atoms with E-state index in [9.17, 15) is 0 Å². The van der Waals surface area contributed by atoms with Gasteiger partial charge in [0.15, 0.2) is 0 Å². The Morgan fingerprint density at radius 2 is 1.89 bits per heavy atom. The van der Waals surface area contributed by atoms with Crippen LogP contribution in [0.4, 0.5) is 0 Å². The average molecular weight is 304 g/mol. The summed E-state index contributed by atoms with van der Waals surface area (Å²) in [5, 5.41) is 0. The van der Waals surface area contributed by atoms with Crippen LogP contribution in [0.15, 0.2) is 0 Å². The molecule has 0 bridgehead atoms. The summed E-state index contributed by atoms with van der Waals surface area (Å²) in [5.41, 5.74) is -0.226. The summed E-state index contributed by atoms with van der Waals surface area (Å²) in [6.45, 7) is 12.9. The Kier molecular flexibility index (Phi) is 8.49. The molecule has 5 heteroatoms. The second-order valence-electron chi connectivity index (χ2n) is 5.70. The van der Waals surface area contributed by atoms with Gasteiger partial charge >= 0.3 is 0 Å². The smallest absolute Gasteiger partial charge is 0.142 e. The minimum Gasteiger partial charge on any atom is -0.355 e. The van der Waals surface area contributed by atoms with Crippen LogP contribution in [0, 0.1) is 0 Å². The van der Waals surface area contributed by atoms with Crippen molar-refractivity contribution in [3.8, 4) is 0 Å². The third-order valence-electron chi connectivity index (χ3n) is 4.20. The highest BCUT2D eigenvalue weighted by atomic mass is 28.3. The normalized spacial score (nSPS) is 21.8. The van der Waals surface area contributed by atoms with E-state index in [-0.39, 0.29) is 14.9 Å². The van der Waals surface area contributed by atoms with E-state index in [4.69, 9.17) is 9.47 Å². The molecule has 0 amide bonds. The van der Waals surface area contributed by atoms with Crippen molar-refractivity contribution in [3.63, 3.8) is 0 Å². The quantitative estimate of drug-likeness (QED) is 0.351. The molecule has 19 heavy (non-hydrogen) atoms. The summed E-state index contributed by atoms with van der Waals surface area (Å²) in [4.78, 5) is 0. The lowest BCUT2D eigenvalue weighted by molar-refractivity contribution is -0.163. The number of rotatable bonds is 10. The summed E-state index contributed by atoms with van der Waals surface area (Å²) in [7, 11) is -0.810. The summed E-state index contributed by atoms with van der Waals surface area (Å²) >= 11 is 0. The van der Waals surface area contributed by atoms with Gasteiger partial charge in [-0.2, -0.15) is 0 Å². The van der Waals surface area contributed by atoms with Crippen molar-refractivity contribution in [2.75, 3.05) is 26.3 Å². The molecule has 1 unspecified atom stereocenters. The molecule has 0 saturated carbocycles. The molecule has 1 rings (SSSR count). The van der Waals surface area contributed by atoms with E-state index in [1.54, 1.807) is 6.04 Å². The minimum absolute atomic E-state index is 0.226. The second-order valence-corrected chi connectivity index (χ2v) is 11.6. The second kappa shape index (κ2) is 9.29. The van der Waals surface area contributed by atoms with Crippen LogP contribution in [-0.2, 0) is 9.47 Å². The van der Waals surface area contributed by atoms with Crippen molar-refractivity contribution in [1.82, 2.24) is 4.57 Å². The van der Waals surface area contributed by atoms with Crippen molar-refractivity contribution in [1.29, 1.82) is 0 Å². The van der Waals surface area contributed by atoms with Gasteiger partial charge in [-0.25, -0.2) is 0 Å². The maximum absolute atomic E-state index is 5.82.